The highest BCUT2D eigenvalue weighted by atomic mass is 19.1. The molecule has 0 aliphatic heterocycles. The fourth-order valence-corrected chi connectivity index (χ4v) is 2.23. The Balaban J connectivity index is 2.06. The van der Waals surface area contributed by atoms with Crippen LogP contribution in [0.25, 0.3) is 6.08 Å². The van der Waals surface area contributed by atoms with Gasteiger partial charge in [0.2, 0.25) is 5.91 Å². The molecule has 0 unspecified atom stereocenters. The van der Waals surface area contributed by atoms with Gasteiger partial charge in [-0.25, -0.2) is 4.39 Å². The number of aryl methyl sites for hydroxylation is 1. The van der Waals surface area contributed by atoms with Crippen molar-refractivity contribution in [2.45, 2.75) is 20.3 Å². The van der Waals surface area contributed by atoms with Crippen LogP contribution in [-0.2, 0) is 4.79 Å². The van der Waals surface area contributed by atoms with E-state index in [1.807, 2.05) is 19.1 Å². The molecule has 0 radical (unpaired) electrons. The van der Waals surface area contributed by atoms with E-state index in [0.29, 0.717) is 29.4 Å². The van der Waals surface area contributed by atoms with Gasteiger partial charge in [0.1, 0.15) is 5.82 Å². The second-order valence-electron chi connectivity index (χ2n) is 5.54. The van der Waals surface area contributed by atoms with Gasteiger partial charge in [0.05, 0.1) is 13.7 Å². The van der Waals surface area contributed by atoms with Crippen LogP contribution in [0.4, 0.5) is 10.1 Å². The van der Waals surface area contributed by atoms with Gasteiger partial charge in [0.15, 0.2) is 11.5 Å². The molecule has 0 heterocycles. The molecular formula is C20H22FNO3. The van der Waals surface area contributed by atoms with Crippen LogP contribution in [0.3, 0.4) is 0 Å². The van der Waals surface area contributed by atoms with Crippen molar-refractivity contribution in [3.8, 4) is 11.5 Å². The average molecular weight is 343 g/mol. The zero-order valence-electron chi connectivity index (χ0n) is 14.6. The summed E-state index contributed by atoms with van der Waals surface area (Å²) in [5.41, 5.74) is 2.06. The van der Waals surface area contributed by atoms with Crippen molar-refractivity contribution in [1.29, 1.82) is 0 Å². The summed E-state index contributed by atoms with van der Waals surface area (Å²) >= 11 is 0. The number of benzene rings is 2. The number of nitrogens with one attached hydrogen (secondary N) is 1. The number of ether oxygens (including phenoxy) is 2. The quantitative estimate of drug-likeness (QED) is 0.748. The Bertz CT molecular complexity index is 772. The Morgan fingerprint density at radius 3 is 2.68 bits per heavy atom. The number of rotatable bonds is 7. The molecule has 1 N–H and O–H groups in total. The van der Waals surface area contributed by atoms with Crippen molar-refractivity contribution in [2.24, 2.45) is 0 Å². The minimum atomic E-state index is -0.330. The number of carbonyl (C=O) groups excluding carboxylic acids is 1. The largest absolute Gasteiger partial charge is 0.493 e. The summed E-state index contributed by atoms with van der Waals surface area (Å²) in [7, 11) is 1.58. The first-order valence-electron chi connectivity index (χ1n) is 8.09. The maximum absolute atomic E-state index is 13.1. The fourth-order valence-electron chi connectivity index (χ4n) is 2.23. The first kappa shape index (κ1) is 18.5. The monoisotopic (exact) mass is 343 g/mol. The normalized spacial score (nSPS) is 10.7. The fraction of sp³-hybridized carbons (Fsp3) is 0.250. The molecule has 0 aromatic heterocycles. The van der Waals surface area contributed by atoms with Gasteiger partial charge in [-0.15, -0.1) is 0 Å². The lowest BCUT2D eigenvalue weighted by Crippen LogP contribution is -2.09. The second-order valence-corrected chi connectivity index (χ2v) is 5.54. The number of halogens is 1. The lowest BCUT2D eigenvalue weighted by molar-refractivity contribution is -0.111. The third-order valence-corrected chi connectivity index (χ3v) is 3.52. The molecule has 0 fully saturated rings. The first-order valence-corrected chi connectivity index (χ1v) is 8.09. The predicted octanol–water partition coefficient (Wildman–Crippen LogP) is 4.58. The molecule has 0 bridgehead atoms. The minimum Gasteiger partial charge on any atom is -0.493 e. The lowest BCUT2D eigenvalue weighted by Gasteiger charge is -2.10. The lowest BCUT2D eigenvalue weighted by atomic mass is 10.1. The van der Waals surface area contributed by atoms with Gasteiger partial charge in [-0.2, -0.15) is 0 Å². The van der Waals surface area contributed by atoms with Crippen molar-refractivity contribution in [2.75, 3.05) is 19.0 Å². The molecule has 4 nitrogen and oxygen atoms in total. The summed E-state index contributed by atoms with van der Waals surface area (Å²) in [5, 5.41) is 2.73. The Morgan fingerprint density at radius 2 is 2.00 bits per heavy atom. The molecule has 2 aromatic rings. The van der Waals surface area contributed by atoms with Crippen LogP contribution >= 0.6 is 0 Å². The van der Waals surface area contributed by atoms with Crippen LogP contribution < -0.4 is 14.8 Å². The summed E-state index contributed by atoms with van der Waals surface area (Å²) in [6.07, 6.45) is 4.01. The molecule has 0 aliphatic carbocycles. The summed E-state index contributed by atoms with van der Waals surface area (Å²) in [4.78, 5) is 12.0. The van der Waals surface area contributed by atoms with Crippen molar-refractivity contribution >= 4 is 17.7 Å². The van der Waals surface area contributed by atoms with Gasteiger partial charge in [0, 0.05) is 11.8 Å². The van der Waals surface area contributed by atoms with Gasteiger partial charge in [-0.3, -0.25) is 4.79 Å². The van der Waals surface area contributed by atoms with Crippen LogP contribution in [0.2, 0.25) is 0 Å². The Labute approximate surface area is 147 Å². The molecule has 1 amide bonds. The van der Waals surface area contributed by atoms with Crippen LogP contribution in [0.15, 0.2) is 42.5 Å². The molecule has 0 aliphatic rings. The number of carbonyl (C=O) groups is 1. The Morgan fingerprint density at radius 1 is 1.20 bits per heavy atom. The highest BCUT2D eigenvalue weighted by molar-refractivity contribution is 6.02. The van der Waals surface area contributed by atoms with E-state index >= 15 is 0 Å². The van der Waals surface area contributed by atoms with Gasteiger partial charge in [-0.05, 0) is 60.9 Å². The van der Waals surface area contributed by atoms with E-state index in [1.54, 1.807) is 32.2 Å². The van der Waals surface area contributed by atoms with Crippen LogP contribution in [-0.4, -0.2) is 19.6 Å². The first-order chi connectivity index (χ1) is 12.0. The molecule has 2 aromatic carbocycles. The van der Waals surface area contributed by atoms with Gasteiger partial charge >= 0.3 is 0 Å². The number of hydrogen-bond donors (Lipinski definition) is 1. The zero-order valence-corrected chi connectivity index (χ0v) is 14.6. The standard InChI is InChI=1S/C20H22FNO3/c1-4-11-25-18-9-5-15(13-19(18)24-3)6-10-20(23)22-17-8-7-16(21)12-14(17)2/h5-10,12-13H,4,11H2,1-3H3,(H,22,23)/b10-6+. The van der Waals surface area contributed by atoms with E-state index in [2.05, 4.69) is 5.32 Å². The minimum absolute atomic E-state index is 0.292. The van der Waals surface area contributed by atoms with Crippen LogP contribution in [0.1, 0.15) is 24.5 Å². The van der Waals surface area contributed by atoms with Crippen molar-refractivity contribution in [3.63, 3.8) is 0 Å². The topological polar surface area (TPSA) is 47.6 Å². The highest BCUT2D eigenvalue weighted by Gasteiger charge is 2.06. The van der Waals surface area contributed by atoms with E-state index < -0.39 is 0 Å². The molecule has 5 heteroatoms. The van der Waals surface area contributed by atoms with Crippen LogP contribution in [0, 0.1) is 12.7 Å². The highest BCUT2D eigenvalue weighted by Crippen LogP contribution is 2.28. The second kappa shape index (κ2) is 8.87. The Kier molecular flexibility index (Phi) is 6.57. The molecule has 25 heavy (non-hydrogen) atoms. The molecule has 132 valence electrons. The molecule has 0 saturated heterocycles. The average Bonchev–Trinajstić information content (AvgIpc) is 2.60. The van der Waals surface area contributed by atoms with Crippen molar-refractivity contribution in [1.82, 2.24) is 0 Å². The summed E-state index contributed by atoms with van der Waals surface area (Å²) < 4.78 is 24.0. The Hall–Kier alpha value is -2.82. The summed E-state index contributed by atoms with van der Waals surface area (Å²) in [5.74, 6) is 0.668. The molecule has 0 spiro atoms. The molecule has 0 saturated carbocycles. The molecule has 0 atom stereocenters. The van der Waals surface area contributed by atoms with Crippen molar-refractivity contribution in [3.05, 3.63) is 59.4 Å². The third kappa shape index (κ3) is 5.35. The van der Waals surface area contributed by atoms with E-state index in [0.717, 1.165) is 12.0 Å². The molecular weight excluding hydrogens is 321 g/mol. The van der Waals surface area contributed by atoms with E-state index in [-0.39, 0.29) is 11.7 Å². The van der Waals surface area contributed by atoms with Gasteiger partial charge in [-0.1, -0.05) is 13.0 Å². The number of hydrogen-bond acceptors (Lipinski definition) is 3. The van der Waals surface area contributed by atoms with E-state index in [9.17, 15) is 9.18 Å². The van der Waals surface area contributed by atoms with E-state index in [1.165, 1.54) is 18.2 Å². The van der Waals surface area contributed by atoms with Gasteiger partial charge in [0.25, 0.3) is 0 Å². The summed E-state index contributed by atoms with van der Waals surface area (Å²) in [6, 6.07) is 9.69. The van der Waals surface area contributed by atoms with Crippen LogP contribution in [0.5, 0.6) is 11.5 Å². The maximum Gasteiger partial charge on any atom is 0.248 e. The smallest absolute Gasteiger partial charge is 0.248 e. The number of amides is 1. The maximum atomic E-state index is 13.1. The summed E-state index contributed by atoms with van der Waals surface area (Å²) in [6.45, 7) is 4.39. The SMILES string of the molecule is CCCOc1ccc(/C=C/C(=O)Nc2ccc(F)cc2C)cc1OC. The number of methoxy groups -OCH3 is 1. The number of anilines is 1. The molecule has 2 rings (SSSR count). The third-order valence-electron chi connectivity index (χ3n) is 3.52. The van der Waals surface area contributed by atoms with Crippen molar-refractivity contribution < 1.29 is 18.7 Å². The zero-order chi connectivity index (χ0) is 18.2. The van der Waals surface area contributed by atoms with Gasteiger partial charge < -0.3 is 14.8 Å². The van der Waals surface area contributed by atoms with E-state index in [4.69, 9.17) is 9.47 Å². The predicted molar refractivity (Wildman–Crippen MR) is 97.6 cm³/mol.